The van der Waals surface area contributed by atoms with Gasteiger partial charge in [0.05, 0.1) is 10.5 Å². The Kier molecular flexibility index (Phi) is 7.14. The van der Waals surface area contributed by atoms with Gasteiger partial charge in [-0.05, 0) is 36.6 Å². The van der Waals surface area contributed by atoms with Crippen molar-refractivity contribution in [2.24, 2.45) is 0 Å². The summed E-state index contributed by atoms with van der Waals surface area (Å²) in [6.45, 7) is 2.64. The van der Waals surface area contributed by atoms with Crippen molar-refractivity contribution in [2.45, 2.75) is 30.3 Å². The second-order valence-electron chi connectivity index (χ2n) is 7.43. The summed E-state index contributed by atoms with van der Waals surface area (Å²) >= 11 is 0. The van der Waals surface area contributed by atoms with Crippen LogP contribution in [0.15, 0.2) is 53.4 Å². The molecule has 3 rings (SSSR count). The van der Waals surface area contributed by atoms with Crippen LogP contribution in [0.1, 0.15) is 28.8 Å². The molecule has 0 bridgehead atoms. The number of hydrogen-bond acceptors (Lipinski definition) is 5. The SMILES string of the molecule is C#CCOc1ccc(S(C)(=O)=O)cc1C(=O)NC1CCN(Cc2ccccc2)CC1. The largest absolute Gasteiger partial charge is 0.480 e. The molecule has 6 nitrogen and oxygen atoms in total. The molecule has 30 heavy (non-hydrogen) atoms. The van der Waals surface area contributed by atoms with Crippen LogP contribution in [0.4, 0.5) is 0 Å². The third-order valence-electron chi connectivity index (χ3n) is 5.11. The number of nitrogens with one attached hydrogen (secondary N) is 1. The Morgan fingerprint density at radius 1 is 1.20 bits per heavy atom. The van der Waals surface area contributed by atoms with E-state index in [0.717, 1.165) is 38.7 Å². The summed E-state index contributed by atoms with van der Waals surface area (Å²) in [6, 6.07) is 14.6. The van der Waals surface area contributed by atoms with E-state index in [0.29, 0.717) is 0 Å². The van der Waals surface area contributed by atoms with Crippen LogP contribution in [0.25, 0.3) is 0 Å². The monoisotopic (exact) mass is 426 g/mol. The third-order valence-corrected chi connectivity index (χ3v) is 6.22. The first kappa shape index (κ1) is 21.9. The van der Waals surface area contributed by atoms with Crippen molar-refractivity contribution < 1.29 is 17.9 Å². The molecule has 1 aliphatic rings. The molecule has 0 aliphatic carbocycles. The lowest BCUT2D eigenvalue weighted by Crippen LogP contribution is -2.44. The molecule has 7 heteroatoms. The highest BCUT2D eigenvalue weighted by molar-refractivity contribution is 7.90. The van der Waals surface area contributed by atoms with Crippen LogP contribution in [0, 0.1) is 12.3 Å². The molecular weight excluding hydrogens is 400 g/mol. The number of carbonyl (C=O) groups is 1. The van der Waals surface area contributed by atoms with E-state index < -0.39 is 9.84 Å². The fourth-order valence-corrected chi connectivity index (χ4v) is 4.15. The van der Waals surface area contributed by atoms with Crippen molar-refractivity contribution in [1.82, 2.24) is 10.2 Å². The first-order valence-electron chi connectivity index (χ1n) is 9.84. The molecule has 1 amide bonds. The fourth-order valence-electron chi connectivity index (χ4n) is 3.50. The lowest BCUT2D eigenvalue weighted by Gasteiger charge is -2.32. The van der Waals surface area contributed by atoms with E-state index in [2.05, 4.69) is 28.3 Å². The quantitative estimate of drug-likeness (QED) is 0.689. The van der Waals surface area contributed by atoms with Crippen molar-refractivity contribution in [2.75, 3.05) is 26.0 Å². The summed E-state index contributed by atoms with van der Waals surface area (Å²) in [5.41, 5.74) is 1.45. The molecule has 1 N–H and O–H groups in total. The lowest BCUT2D eigenvalue weighted by atomic mass is 10.0. The summed E-state index contributed by atoms with van der Waals surface area (Å²) in [5, 5.41) is 3.02. The van der Waals surface area contributed by atoms with E-state index >= 15 is 0 Å². The number of terminal acetylenes is 1. The molecule has 2 aromatic carbocycles. The second kappa shape index (κ2) is 9.79. The Balaban J connectivity index is 1.65. The molecule has 1 heterocycles. The fraction of sp³-hybridized carbons (Fsp3) is 0.348. The third kappa shape index (κ3) is 5.85. The second-order valence-corrected chi connectivity index (χ2v) is 9.45. The maximum Gasteiger partial charge on any atom is 0.255 e. The van der Waals surface area contributed by atoms with Crippen LogP contribution in [-0.2, 0) is 16.4 Å². The van der Waals surface area contributed by atoms with E-state index in [-0.39, 0.29) is 34.8 Å². The van der Waals surface area contributed by atoms with Crippen LogP contribution in [0.3, 0.4) is 0 Å². The number of likely N-dealkylation sites (tertiary alicyclic amines) is 1. The van der Waals surface area contributed by atoms with Gasteiger partial charge in [-0.15, -0.1) is 6.42 Å². The molecule has 1 fully saturated rings. The molecule has 0 radical (unpaired) electrons. The Labute approximate surface area is 178 Å². The van der Waals surface area contributed by atoms with E-state index in [4.69, 9.17) is 11.2 Å². The summed E-state index contributed by atoms with van der Waals surface area (Å²) in [7, 11) is -3.45. The summed E-state index contributed by atoms with van der Waals surface area (Å²) < 4.78 is 29.2. The minimum Gasteiger partial charge on any atom is -0.480 e. The molecule has 0 spiro atoms. The summed E-state index contributed by atoms with van der Waals surface area (Å²) in [4.78, 5) is 15.3. The number of benzene rings is 2. The van der Waals surface area contributed by atoms with Gasteiger partial charge in [0.1, 0.15) is 12.4 Å². The molecular formula is C23H26N2O4S. The highest BCUT2D eigenvalue weighted by Gasteiger charge is 2.23. The number of nitrogens with zero attached hydrogens (tertiary/aromatic N) is 1. The van der Waals surface area contributed by atoms with Gasteiger partial charge in [-0.1, -0.05) is 36.3 Å². The standard InChI is InChI=1S/C23H26N2O4S/c1-3-15-29-22-10-9-20(30(2,27)28)16-21(22)23(26)24-19-11-13-25(14-12-19)17-18-7-5-4-6-8-18/h1,4-10,16,19H,11-15,17H2,2H3,(H,24,26). The van der Waals surface area contributed by atoms with Crippen LogP contribution in [0.5, 0.6) is 5.75 Å². The molecule has 2 aromatic rings. The zero-order chi connectivity index (χ0) is 21.6. The number of ether oxygens (including phenoxy) is 1. The molecule has 1 aliphatic heterocycles. The molecule has 0 saturated carbocycles. The van der Waals surface area contributed by atoms with Crippen molar-refractivity contribution in [3.8, 4) is 18.1 Å². The topological polar surface area (TPSA) is 75.7 Å². The van der Waals surface area contributed by atoms with Crippen molar-refractivity contribution in [3.63, 3.8) is 0 Å². The number of piperidine rings is 1. The zero-order valence-electron chi connectivity index (χ0n) is 17.0. The van der Waals surface area contributed by atoms with Gasteiger partial charge in [-0.2, -0.15) is 0 Å². The van der Waals surface area contributed by atoms with Gasteiger partial charge in [-0.25, -0.2) is 8.42 Å². The molecule has 0 unspecified atom stereocenters. The molecule has 0 atom stereocenters. The Morgan fingerprint density at radius 2 is 1.90 bits per heavy atom. The Bertz CT molecular complexity index is 1020. The van der Waals surface area contributed by atoms with Crippen molar-refractivity contribution in [3.05, 3.63) is 59.7 Å². The van der Waals surface area contributed by atoms with Crippen LogP contribution in [0.2, 0.25) is 0 Å². The van der Waals surface area contributed by atoms with Gasteiger partial charge in [0.2, 0.25) is 0 Å². The Hall–Kier alpha value is -2.82. The minimum atomic E-state index is -3.45. The van der Waals surface area contributed by atoms with Crippen molar-refractivity contribution >= 4 is 15.7 Å². The number of rotatable bonds is 7. The maximum absolute atomic E-state index is 12.9. The van der Waals surface area contributed by atoms with E-state index in [1.165, 1.54) is 23.8 Å². The normalized spacial score (nSPS) is 15.3. The average Bonchev–Trinajstić information content (AvgIpc) is 2.73. The van der Waals surface area contributed by atoms with Gasteiger partial charge in [0.25, 0.3) is 5.91 Å². The molecule has 158 valence electrons. The van der Waals surface area contributed by atoms with E-state index in [1.54, 1.807) is 0 Å². The van der Waals surface area contributed by atoms with Crippen LogP contribution < -0.4 is 10.1 Å². The smallest absolute Gasteiger partial charge is 0.255 e. The number of amides is 1. The number of sulfone groups is 1. The highest BCUT2D eigenvalue weighted by Crippen LogP contribution is 2.24. The first-order valence-corrected chi connectivity index (χ1v) is 11.7. The summed E-state index contributed by atoms with van der Waals surface area (Å²) in [5.74, 6) is 2.28. The van der Waals surface area contributed by atoms with Gasteiger partial charge < -0.3 is 10.1 Å². The van der Waals surface area contributed by atoms with Crippen LogP contribution >= 0.6 is 0 Å². The van der Waals surface area contributed by atoms with Gasteiger partial charge >= 0.3 is 0 Å². The lowest BCUT2D eigenvalue weighted by molar-refractivity contribution is 0.0905. The predicted octanol–water partition coefficient (Wildman–Crippen LogP) is 2.50. The average molecular weight is 427 g/mol. The predicted molar refractivity (Wildman–Crippen MR) is 116 cm³/mol. The minimum absolute atomic E-state index is 0.00360. The van der Waals surface area contributed by atoms with E-state index in [9.17, 15) is 13.2 Å². The van der Waals surface area contributed by atoms with Gasteiger partial charge in [0.15, 0.2) is 9.84 Å². The van der Waals surface area contributed by atoms with Gasteiger partial charge in [0, 0.05) is 31.9 Å². The Morgan fingerprint density at radius 3 is 2.53 bits per heavy atom. The highest BCUT2D eigenvalue weighted by atomic mass is 32.2. The first-order chi connectivity index (χ1) is 14.4. The molecule has 0 aromatic heterocycles. The summed E-state index contributed by atoms with van der Waals surface area (Å²) in [6.07, 6.45) is 8.00. The zero-order valence-corrected chi connectivity index (χ0v) is 17.8. The number of hydrogen-bond donors (Lipinski definition) is 1. The van der Waals surface area contributed by atoms with Gasteiger partial charge in [-0.3, -0.25) is 9.69 Å². The van der Waals surface area contributed by atoms with Crippen molar-refractivity contribution in [1.29, 1.82) is 0 Å². The van der Waals surface area contributed by atoms with E-state index in [1.807, 2.05) is 18.2 Å². The van der Waals surface area contributed by atoms with Crippen LogP contribution in [-0.4, -0.2) is 51.2 Å². The molecule has 1 saturated heterocycles. The number of carbonyl (C=O) groups excluding carboxylic acids is 1. The maximum atomic E-state index is 12.9.